The third kappa shape index (κ3) is 4.68. The van der Waals surface area contributed by atoms with Gasteiger partial charge in [-0.15, -0.1) is 0 Å². The summed E-state index contributed by atoms with van der Waals surface area (Å²) >= 11 is 0. The average molecular weight is 447 g/mol. The number of hydrogen-bond donors (Lipinski definition) is 3. The minimum absolute atomic E-state index is 0.0439. The van der Waals surface area contributed by atoms with Crippen LogP contribution in [0.3, 0.4) is 0 Å². The average Bonchev–Trinajstić information content (AvgIpc) is 2.79. The Labute approximate surface area is 190 Å². The molecule has 1 amide bonds. The quantitative estimate of drug-likeness (QED) is 0.526. The van der Waals surface area contributed by atoms with Crippen molar-refractivity contribution >= 4 is 29.0 Å². The summed E-state index contributed by atoms with van der Waals surface area (Å²) in [6.07, 6.45) is 2.23. The highest BCUT2D eigenvalue weighted by molar-refractivity contribution is 5.98. The van der Waals surface area contributed by atoms with Gasteiger partial charge in [0.25, 0.3) is 5.91 Å². The van der Waals surface area contributed by atoms with Gasteiger partial charge >= 0.3 is 0 Å². The number of aromatic nitrogens is 2. The molecule has 4 N–H and O–H groups in total. The molecule has 9 nitrogen and oxygen atoms in total. The van der Waals surface area contributed by atoms with E-state index in [4.69, 9.17) is 15.7 Å². The Bertz CT molecular complexity index is 1270. The largest absolute Gasteiger partial charge is 0.495 e. The van der Waals surface area contributed by atoms with Crippen LogP contribution < -0.4 is 21.1 Å². The predicted octanol–water partition coefficient (Wildman–Crippen LogP) is 3.07. The summed E-state index contributed by atoms with van der Waals surface area (Å²) in [6, 6.07) is 9.68. The maximum Gasteiger partial charge on any atom is 0.254 e. The fourth-order valence-corrected chi connectivity index (χ4v) is 3.66. The minimum atomic E-state index is -0.735. The smallest absolute Gasteiger partial charge is 0.254 e. The lowest BCUT2D eigenvalue weighted by Crippen LogP contribution is -2.26. The zero-order chi connectivity index (χ0) is 23.5. The molecule has 0 fully saturated rings. The van der Waals surface area contributed by atoms with Crippen molar-refractivity contribution in [2.24, 2.45) is 5.73 Å². The Kier molecular flexibility index (Phi) is 6.06. The Morgan fingerprint density at radius 3 is 2.82 bits per heavy atom. The van der Waals surface area contributed by atoms with Gasteiger partial charge in [0.1, 0.15) is 29.0 Å². The number of carbonyl (C=O) groups is 1. The lowest BCUT2D eigenvalue weighted by molar-refractivity contribution is 0.100. The number of nitrogens with zero attached hydrogens (tertiary/aromatic N) is 4. The fourth-order valence-electron chi connectivity index (χ4n) is 3.66. The van der Waals surface area contributed by atoms with Crippen LogP contribution in [0.15, 0.2) is 36.5 Å². The molecule has 1 aliphatic heterocycles. The number of fused-ring (bicyclic) bond motifs is 1. The monoisotopic (exact) mass is 447 g/mol. The highest BCUT2D eigenvalue weighted by atomic mass is 19.1. The Hall–Kier alpha value is -4.23. The van der Waals surface area contributed by atoms with Gasteiger partial charge in [-0.25, -0.2) is 9.37 Å². The van der Waals surface area contributed by atoms with Crippen LogP contribution in [0.1, 0.15) is 27.0 Å². The van der Waals surface area contributed by atoms with Crippen LogP contribution >= 0.6 is 0 Å². The number of rotatable bonds is 6. The van der Waals surface area contributed by atoms with E-state index in [2.05, 4.69) is 32.5 Å². The van der Waals surface area contributed by atoms with Crippen molar-refractivity contribution in [2.75, 3.05) is 31.3 Å². The lowest BCUT2D eigenvalue weighted by Gasteiger charge is -2.26. The van der Waals surface area contributed by atoms with E-state index < -0.39 is 11.7 Å². The third-order valence-corrected chi connectivity index (χ3v) is 5.38. The number of nitrogens with one attached hydrogen (secondary N) is 2. The standard InChI is InChI=1S/C23H22FN7O2/c1-31-6-5-13-9-20(33-2)19(8-15(13)12-31)29-23-27-11-17(21(26)32)22(30-23)28-16-3-4-18(24)14(7-16)10-25/h3-4,7-9,11H,5-6,12H2,1-2H3,(H2,26,32)(H2,27,28,29,30). The van der Waals surface area contributed by atoms with Crippen LogP contribution in [0.2, 0.25) is 0 Å². The van der Waals surface area contributed by atoms with E-state index in [1.165, 1.54) is 29.5 Å². The SMILES string of the molecule is COc1cc2c(cc1Nc1ncc(C(N)=O)c(Nc3ccc(F)c(C#N)c3)n1)CN(C)CC2. The number of likely N-dealkylation sites (N-methyl/N-ethyl adjacent to an activating group) is 1. The van der Waals surface area contributed by atoms with Crippen molar-refractivity contribution in [1.82, 2.24) is 14.9 Å². The van der Waals surface area contributed by atoms with Gasteiger partial charge in [0.15, 0.2) is 0 Å². The molecule has 0 bridgehead atoms. The first-order valence-electron chi connectivity index (χ1n) is 10.2. The molecule has 2 aromatic carbocycles. The van der Waals surface area contributed by atoms with Gasteiger partial charge in [-0.05, 0) is 54.9 Å². The number of nitrogens with two attached hydrogens (primary N) is 1. The van der Waals surface area contributed by atoms with Crippen LogP contribution in [0, 0.1) is 17.1 Å². The van der Waals surface area contributed by atoms with Crippen molar-refractivity contribution in [3.8, 4) is 11.8 Å². The van der Waals surface area contributed by atoms with Crippen molar-refractivity contribution in [2.45, 2.75) is 13.0 Å². The first-order chi connectivity index (χ1) is 15.9. The molecule has 0 saturated heterocycles. The molecule has 2 heterocycles. The summed E-state index contributed by atoms with van der Waals surface area (Å²) in [5, 5.41) is 15.1. The summed E-state index contributed by atoms with van der Waals surface area (Å²) in [6.45, 7) is 1.79. The van der Waals surface area contributed by atoms with Gasteiger partial charge in [-0.2, -0.15) is 10.2 Å². The highest BCUT2D eigenvalue weighted by Crippen LogP contribution is 2.33. The van der Waals surface area contributed by atoms with Gasteiger partial charge in [0, 0.05) is 25.0 Å². The van der Waals surface area contributed by atoms with Crippen molar-refractivity contribution in [1.29, 1.82) is 5.26 Å². The number of methoxy groups -OCH3 is 1. The van der Waals surface area contributed by atoms with E-state index in [0.29, 0.717) is 17.1 Å². The van der Waals surface area contributed by atoms with E-state index in [0.717, 1.165) is 25.6 Å². The molecule has 0 saturated carbocycles. The summed E-state index contributed by atoms with van der Waals surface area (Å²) in [7, 11) is 3.66. The van der Waals surface area contributed by atoms with Crippen LogP contribution in [-0.4, -0.2) is 41.5 Å². The molecule has 1 aliphatic rings. The summed E-state index contributed by atoms with van der Waals surface area (Å²) in [5.41, 5.74) is 8.82. The van der Waals surface area contributed by atoms with Crippen LogP contribution in [0.5, 0.6) is 5.75 Å². The zero-order valence-electron chi connectivity index (χ0n) is 18.1. The maximum absolute atomic E-state index is 13.7. The number of nitriles is 1. The molecule has 0 atom stereocenters. The van der Waals surface area contributed by atoms with Gasteiger partial charge in [-0.3, -0.25) is 4.79 Å². The zero-order valence-corrected chi connectivity index (χ0v) is 18.1. The minimum Gasteiger partial charge on any atom is -0.495 e. The van der Waals surface area contributed by atoms with Crippen LogP contribution in [0.4, 0.5) is 27.5 Å². The topological polar surface area (TPSA) is 129 Å². The number of halogens is 1. The molecular weight excluding hydrogens is 425 g/mol. The number of ether oxygens (including phenoxy) is 1. The van der Waals surface area contributed by atoms with Crippen LogP contribution in [-0.2, 0) is 13.0 Å². The number of carbonyl (C=O) groups excluding carboxylic acids is 1. The number of amides is 1. The van der Waals surface area contributed by atoms with Gasteiger partial charge < -0.3 is 26.0 Å². The molecule has 0 spiro atoms. The molecule has 10 heteroatoms. The van der Waals surface area contributed by atoms with Gasteiger partial charge in [0.2, 0.25) is 5.95 Å². The second kappa shape index (κ2) is 9.10. The second-order valence-electron chi connectivity index (χ2n) is 7.69. The lowest BCUT2D eigenvalue weighted by atomic mass is 9.99. The molecule has 33 heavy (non-hydrogen) atoms. The summed E-state index contributed by atoms with van der Waals surface area (Å²) in [4.78, 5) is 22.7. The molecule has 3 aromatic rings. The molecule has 1 aromatic heterocycles. The van der Waals surface area contributed by atoms with E-state index in [1.54, 1.807) is 13.2 Å². The summed E-state index contributed by atoms with van der Waals surface area (Å²) in [5.74, 6) is -0.415. The Balaban J connectivity index is 1.68. The van der Waals surface area contributed by atoms with Gasteiger partial charge in [0.05, 0.1) is 18.4 Å². The normalized spacial score (nSPS) is 13.0. The molecular formula is C23H22FN7O2. The molecule has 0 radical (unpaired) electrons. The van der Waals surface area contributed by atoms with Crippen LogP contribution in [0.25, 0.3) is 0 Å². The second-order valence-corrected chi connectivity index (χ2v) is 7.69. The molecule has 4 rings (SSSR count). The molecule has 168 valence electrons. The van der Waals surface area contributed by atoms with E-state index in [-0.39, 0.29) is 22.9 Å². The number of hydrogen-bond acceptors (Lipinski definition) is 8. The molecule has 0 aliphatic carbocycles. The number of benzene rings is 2. The van der Waals surface area contributed by atoms with Crippen molar-refractivity contribution < 1.29 is 13.9 Å². The first kappa shape index (κ1) is 22.0. The van der Waals surface area contributed by atoms with E-state index >= 15 is 0 Å². The van der Waals surface area contributed by atoms with E-state index in [9.17, 15) is 9.18 Å². The number of primary amides is 1. The van der Waals surface area contributed by atoms with Gasteiger partial charge in [-0.1, -0.05) is 0 Å². The third-order valence-electron chi connectivity index (χ3n) is 5.38. The van der Waals surface area contributed by atoms with Crippen molar-refractivity contribution in [3.05, 3.63) is 64.6 Å². The Morgan fingerprint density at radius 2 is 2.09 bits per heavy atom. The summed E-state index contributed by atoms with van der Waals surface area (Å²) < 4.78 is 19.2. The fraction of sp³-hybridized carbons (Fsp3) is 0.217. The predicted molar refractivity (Wildman–Crippen MR) is 121 cm³/mol. The van der Waals surface area contributed by atoms with E-state index in [1.807, 2.05) is 12.1 Å². The maximum atomic E-state index is 13.7. The van der Waals surface area contributed by atoms with Crippen molar-refractivity contribution in [3.63, 3.8) is 0 Å². The highest BCUT2D eigenvalue weighted by Gasteiger charge is 2.19. The first-order valence-corrected chi connectivity index (χ1v) is 10.2. The number of anilines is 4. The molecule has 0 unspecified atom stereocenters. The Morgan fingerprint density at radius 1 is 1.27 bits per heavy atom.